The maximum Gasteiger partial charge on any atom is 0.224 e. The van der Waals surface area contributed by atoms with E-state index >= 15 is 0 Å². The highest BCUT2D eigenvalue weighted by Gasteiger charge is 2.09. The quantitative estimate of drug-likeness (QED) is 0.760. The Morgan fingerprint density at radius 2 is 2.29 bits per heavy atom. The van der Waals surface area contributed by atoms with Gasteiger partial charge in [-0.05, 0) is 6.92 Å². The second-order valence-electron chi connectivity index (χ2n) is 3.95. The van der Waals surface area contributed by atoms with Crippen LogP contribution in [0.1, 0.15) is 18.7 Å². The molecule has 1 heterocycles. The predicted octanol–water partition coefficient (Wildman–Crippen LogP) is 0.716. The van der Waals surface area contributed by atoms with Crippen LogP contribution in [0, 0.1) is 6.92 Å². The van der Waals surface area contributed by atoms with Gasteiger partial charge in [-0.25, -0.2) is 4.98 Å². The van der Waals surface area contributed by atoms with Gasteiger partial charge in [-0.15, -0.1) is 0 Å². The molecule has 0 aliphatic rings. The Balaban J connectivity index is 2.34. The van der Waals surface area contributed by atoms with E-state index in [4.69, 9.17) is 18.0 Å². The van der Waals surface area contributed by atoms with Crippen molar-refractivity contribution >= 4 is 23.1 Å². The van der Waals surface area contributed by atoms with E-state index in [0.717, 1.165) is 5.82 Å². The molecule has 0 aliphatic carbocycles. The number of hydrogen-bond acceptors (Lipinski definition) is 3. The topological polar surface area (TPSA) is 64.2 Å². The Morgan fingerprint density at radius 3 is 2.82 bits per heavy atom. The van der Waals surface area contributed by atoms with Crippen LogP contribution in [0.15, 0.2) is 12.4 Å². The van der Waals surface area contributed by atoms with Gasteiger partial charge in [0.15, 0.2) is 0 Å². The molecule has 0 radical (unpaired) electrons. The Kier molecular flexibility index (Phi) is 5.09. The van der Waals surface area contributed by atoms with Crippen molar-refractivity contribution in [2.45, 2.75) is 26.3 Å². The lowest BCUT2D eigenvalue weighted by atomic mass is 10.3. The van der Waals surface area contributed by atoms with Gasteiger partial charge in [0.25, 0.3) is 0 Å². The lowest BCUT2D eigenvalue weighted by Gasteiger charge is -2.17. The fourth-order valence-corrected chi connectivity index (χ4v) is 1.54. The van der Waals surface area contributed by atoms with Crippen LogP contribution in [0.3, 0.4) is 0 Å². The molecular weight excluding hydrogens is 236 g/mol. The highest BCUT2D eigenvalue weighted by atomic mass is 32.1. The molecule has 5 nitrogen and oxygen atoms in total. The summed E-state index contributed by atoms with van der Waals surface area (Å²) in [7, 11) is 1.77. The maximum atomic E-state index is 11.8. The number of nitrogens with two attached hydrogens (primary N) is 1. The summed E-state index contributed by atoms with van der Waals surface area (Å²) >= 11 is 4.77. The molecule has 0 atom stereocenters. The minimum atomic E-state index is 0.0920. The van der Waals surface area contributed by atoms with Crippen LogP contribution in [0.5, 0.6) is 0 Å². The first kappa shape index (κ1) is 13.6. The third-order valence-electron chi connectivity index (χ3n) is 2.61. The van der Waals surface area contributed by atoms with Gasteiger partial charge >= 0.3 is 0 Å². The Labute approximate surface area is 107 Å². The second kappa shape index (κ2) is 6.34. The molecule has 1 rings (SSSR count). The van der Waals surface area contributed by atoms with Gasteiger partial charge in [0.2, 0.25) is 5.91 Å². The number of imidazole rings is 1. The van der Waals surface area contributed by atoms with Crippen LogP contribution in [0.25, 0.3) is 0 Å². The fraction of sp³-hybridized carbons (Fsp3) is 0.545. The van der Waals surface area contributed by atoms with E-state index in [1.165, 1.54) is 0 Å². The molecule has 94 valence electrons. The number of nitrogens with zero attached hydrogens (tertiary/aromatic N) is 3. The zero-order valence-corrected chi connectivity index (χ0v) is 11.0. The summed E-state index contributed by atoms with van der Waals surface area (Å²) in [6, 6.07) is 0. The smallest absolute Gasteiger partial charge is 0.224 e. The molecule has 0 aliphatic heterocycles. The number of rotatable bonds is 6. The molecule has 6 heteroatoms. The van der Waals surface area contributed by atoms with Crippen molar-refractivity contribution in [3.63, 3.8) is 0 Å². The van der Waals surface area contributed by atoms with Crippen molar-refractivity contribution in [1.29, 1.82) is 0 Å². The summed E-state index contributed by atoms with van der Waals surface area (Å²) in [6.07, 6.45) is 4.64. The molecule has 2 N–H and O–H groups in total. The van der Waals surface area contributed by atoms with Crippen LogP contribution in [0.4, 0.5) is 0 Å². The lowest BCUT2D eigenvalue weighted by Crippen LogP contribution is -2.30. The SMILES string of the molecule is Cc1nccn1CCC(=O)N(C)CCC(N)=S. The molecule has 0 fully saturated rings. The van der Waals surface area contributed by atoms with Gasteiger partial charge in [0, 0.05) is 45.4 Å². The van der Waals surface area contributed by atoms with Crippen LogP contribution in [0.2, 0.25) is 0 Å². The monoisotopic (exact) mass is 254 g/mol. The average Bonchev–Trinajstić information content (AvgIpc) is 2.68. The van der Waals surface area contributed by atoms with Gasteiger partial charge in [-0.3, -0.25) is 4.79 Å². The van der Waals surface area contributed by atoms with Crippen molar-refractivity contribution in [1.82, 2.24) is 14.5 Å². The summed E-state index contributed by atoms with van der Waals surface area (Å²) in [5, 5.41) is 0. The molecule has 1 aromatic rings. The molecule has 17 heavy (non-hydrogen) atoms. The second-order valence-corrected chi connectivity index (χ2v) is 4.47. The summed E-state index contributed by atoms with van der Waals surface area (Å²) < 4.78 is 1.96. The van der Waals surface area contributed by atoms with E-state index in [2.05, 4.69) is 4.98 Å². The summed E-state index contributed by atoms with van der Waals surface area (Å²) in [5.41, 5.74) is 5.39. The third-order valence-corrected chi connectivity index (χ3v) is 2.81. The fourth-order valence-electron chi connectivity index (χ4n) is 1.45. The van der Waals surface area contributed by atoms with Crippen LogP contribution >= 0.6 is 12.2 Å². The number of hydrogen-bond donors (Lipinski definition) is 1. The van der Waals surface area contributed by atoms with E-state index in [1.807, 2.05) is 17.7 Å². The molecule has 0 unspecified atom stereocenters. The van der Waals surface area contributed by atoms with Gasteiger partial charge in [-0.2, -0.15) is 0 Å². The number of aryl methyl sites for hydroxylation is 2. The number of carbonyl (C=O) groups is 1. The molecule has 0 saturated heterocycles. The van der Waals surface area contributed by atoms with Crippen molar-refractivity contribution < 1.29 is 4.79 Å². The summed E-state index contributed by atoms with van der Waals surface area (Å²) in [6.45, 7) is 3.15. The van der Waals surface area contributed by atoms with E-state index in [-0.39, 0.29) is 5.91 Å². The lowest BCUT2D eigenvalue weighted by molar-refractivity contribution is -0.130. The van der Waals surface area contributed by atoms with Gasteiger partial charge < -0.3 is 15.2 Å². The molecule has 0 bridgehead atoms. The van der Waals surface area contributed by atoms with Crippen molar-refractivity contribution in [3.8, 4) is 0 Å². The highest BCUT2D eigenvalue weighted by molar-refractivity contribution is 7.80. The molecular formula is C11H18N4OS. The van der Waals surface area contributed by atoms with Crippen LogP contribution in [-0.4, -0.2) is 38.9 Å². The number of thiocarbonyl (C=S) groups is 1. The first-order valence-electron chi connectivity index (χ1n) is 5.50. The summed E-state index contributed by atoms with van der Waals surface area (Å²) in [5.74, 6) is 1.01. The Bertz CT molecular complexity index is 402. The maximum absolute atomic E-state index is 11.8. The third kappa shape index (κ3) is 4.52. The number of aromatic nitrogens is 2. The highest BCUT2D eigenvalue weighted by Crippen LogP contribution is 2.00. The van der Waals surface area contributed by atoms with Crippen molar-refractivity contribution in [3.05, 3.63) is 18.2 Å². The van der Waals surface area contributed by atoms with E-state index in [0.29, 0.717) is 30.9 Å². The van der Waals surface area contributed by atoms with Crippen molar-refractivity contribution in [2.75, 3.05) is 13.6 Å². The minimum absolute atomic E-state index is 0.0920. The first-order chi connectivity index (χ1) is 8.00. The predicted molar refractivity (Wildman–Crippen MR) is 70.6 cm³/mol. The number of carbonyl (C=O) groups excluding carboxylic acids is 1. The van der Waals surface area contributed by atoms with Gasteiger partial charge in [-0.1, -0.05) is 12.2 Å². The first-order valence-corrected chi connectivity index (χ1v) is 5.91. The molecule has 1 aromatic heterocycles. The normalized spacial score (nSPS) is 10.2. The van der Waals surface area contributed by atoms with Gasteiger partial charge in [0.1, 0.15) is 5.82 Å². The van der Waals surface area contributed by atoms with Crippen LogP contribution < -0.4 is 5.73 Å². The number of amides is 1. The van der Waals surface area contributed by atoms with Crippen LogP contribution in [-0.2, 0) is 11.3 Å². The summed E-state index contributed by atoms with van der Waals surface area (Å²) in [4.78, 5) is 18.0. The average molecular weight is 254 g/mol. The van der Waals surface area contributed by atoms with E-state index < -0.39 is 0 Å². The van der Waals surface area contributed by atoms with E-state index in [9.17, 15) is 4.79 Å². The van der Waals surface area contributed by atoms with Crippen molar-refractivity contribution in [2.24, 2.45) is 5.73 Å². The molecule has 0 saturated carbocycles. The minimum Gasteiger partial charge on any atom is -0.393 e. The Morgan fingerprint density at radius 1 is 1.59 bits per heavy atom. The largest absolute Gasteiger partial charge is 0.393 e. The molecule has 0 spiro atoms. The van der Waals surface area contributed by atoms with Gasteiger partial charge in [0.05, 0.1) is 4.99 Å². The standard InChI is InChI=1S/C11H18N4OS/c1-9-13-5-8-15(9)7-4-11(16)14(2)6-3-10(12)17/h5,8H,3-4,6-7H2,1-2H3,(H2,12,17). The molecule has 0 aromatic carbocycles. The molecule has 1 amide bonds. The van der Waals surface area contributed by atoms with E-state index in [1.54, 1.807) is 18.1 Å². The zero-order valence-electron chi connectivity index (χ0n) is 10.2. The zero-order chi connectivity index (χ0) is 12.8. The Hall–Kier alpha value is -1.43.